The Labute approximate surface area is 94.3 Å². The summed E-state index contributed by atoms with van der Waals surface area (Å²) >= 11 is 0. The average Bonchev–Trinajstić information content (AvgIpc) is 2.27. The largest absolute Gasteiger partial charge is 0.507 e. The first-order chi connectivity index (χ1) is 7.54. The van der Waals surface area contributed by atoms with E-state index in [9.17, 15) is 9.90 Å². The van der Waals surface area contributed by atoms with Gasteiger partial charge in [-0.05, 0) is 24.6 Å². The van der Waals surface area contributed by atoms with Gasteiger partial charge in [0.15, 0.2) is 0 Å². The van der Waals surface area contributed by atoms with Crippen molar-refractivity contribution in [3.8, 4) is 5.75 Å². The number of rotatable bonds is 3. The molecule has 0 saturated carbocycles. The molecule has 0 saturated heterocycles. The van der Waals surface area contributed by atoms with Crippen LogP contribution in [0.1, 0.15) is 22.8 Å². The number of carbonyl (C=O) groups is 1. The second-order valence-electron chi connectivity index (χ2n) is 3.49. The second-order valence-corrected chi connectivity index (χ2v) is 3.49. The molecule has 1 unspecified atom stereocenters. The van der Waals surface area contributed by atoms with Gasteiger partial charge < -0.3 is 15.6 Å². The molecule has 0 aromatic heterocycles. The Bertz CT molecular complexity index is 411. The molecule has 0 aliphatic rings. The van der Waals surface area contributed by atoms with Gasteiger partial charge >= 0.3 is 5.97 Å². The Morgan fingerprint density at radius 1 is 1.56 bits per heavy atom. The third kappa shape index (κ3) is 3.10. The van der Waals surface area contributed by atoms with Crippen LogP contribution in [0.2, 0.25) is 0 Å². The van der Waals surface area contributed by atoms with E-state index >= 15 is 0 Å². The summed E-state index contributed by atoms with van der Waals surface area (Å²) in [6, 6.07) is 4.64. The number of aromatic hydroxyl groups is 1. The van der Waals surface area contributed by atoms with Gasteiger partial charge in [-0.2, -0.15) is 0 Å². The van der Waals surface area contributed by atoms with Crippen LogP contribution in [0.5, 0.6) is 5.75 Å². The van der Waals surface area contributed by atoms with Crippen molar-refractivity contribution in [2.75, 3.05) is 7.11 Å². The van der Waals surface area contributed by atoms with Crippen LogP contribution in [-0.4, -0.2) is 24.2 Å². The number of ether oxygens (including phenoxy) is 1. The third-order valence-electron chi connectivity index (χ3n) is 2.02. The van der Waals surface area contributed by atoms with E-state index in [0.29, 0.717) is 0 Å². The SMILES string of the molecule is COC(=O)c1cc(/C=C/C(C)N)ccc1O. The van der Waals surface area contributed by atoms with E-state index in [-0.39, 0.29) is 17.4 Å². The van der Waals surface area contributed by atoms with Crippen molar-refractivity contribution < 1.29 is 14.6 Å². The van der Waals surface area contributed by atoms with Crippen LogP contribution in [0, 0.1) is 0 Å². The fourth-order valence-electron chi connectivity index (χ4n) is 1.19. The lowest BCUT2D eigenvalue weighted by molar-refractivity contribution is 0.0597. The van der Waals surface area contributed by atoms with E-state index in [2.05, 4.69) is 4.74 Å². The van der Waals surface area contributed by atoms with Gasteiger partial charge in [-0.3, -0.25) is 0 Å². The summed E-state index contributed by atoms with van der Waals surface area (Å²) in [6.07, 6.45) is 3.59. The minimum Gasteiger partial charge on any atom is -0.507 e. The van der Waals surface area contributed by atoms with Crippen molar-refractivity contribution in [3.05, 3.63) is 35.4 Å². The van der Waals surface area contributed by atoms with Crippen molar-refractivity contribution in [3.63, 3.8) is 0 Å². The Morgan fingerprint density at radius 2 is 2.25 bits per heavy atom. The molecule has 0 spiro atoms. The predicted octanol–water partition coefficient (Wildman–Crippen LogP) is 1.54. The molecule has 0 amide bonds. The topological polar surface area (TPSA) is 72.5 Å². The number of nitrogens with two attached hydrogens (primary N) is 1. The number of phenolic OH excluding ortho intramolecular Hbond substituents is 1. The number of benzene rings is 1. The molecule has 1 rings (SSSR count). The maximum Gasteiger partial charge on any atom is 0.341 e. The fourth-order valence-corrected chi connectivity index (χ4v) is 1.19. The standard InChI is InChI=1S/C12H15NO3/c1-8(13)3-4-9-5-6-11(14)10(7-9)12(15)16-2/h3-8,14H,13H2,1-2H3/b4-3+. The lowest BCUT2D eigenvalue weighted by Gasteiger charge is -2.04. The van der Waals surface area contributed by atoms with E-state index in [1.165, 1.54) is 13.2 Å². The van der Waals surface area contributed by atoms with E-state index in [1.54, 1.807) is 24.3 Å². The second kappa shape index (κ2) is 5.32. The Morgan fingerprint density at radius 3 is 2.81 bits per heavy atom. The summed E-state index contributed by atoms with van der Waals surface area (Å²) in [5.41, 5.74) is 6.50. The highest BCUT2D eigenvalue weighted by atomic mass is 16.5. The smallest absolute Gasteiger partial charge is 0.341 e. The Balaban J connectivity index is 3.03. The van der Waals surface area contributed by atoms with Gasteiger partial charge in [-0.1, -0.05) is 18.2 Å². The van der Waals surface area contributed by atoms with Crippen molar-refractivity contribution in [1.82, 2.24) is 0 Å². The third-order valence-corrected chi connectivity index (χ3v) is 2.02. The molecule has 86 valence electrons. The fraction of sp³-hybridized carbons (Fsp3) is 0.250. The highest BCUT2D eigenvalue weighted by Gasteiger charge is 2.10. The van der Waals surface area contributed by atoms with Gasteiger partial charge in [-0.15, -0.1) is 0 Å². The maximum atomic E-state index is 11.3. The predicted molar refractivity (Wildman–Crippen MR) is 62.1 cm³/mol. The Hall–Kier alpha value is -1.81. The van der Waals surface area contributed by atoms with Gasteiger partial charge in [0.1, 0.15) is 11.3 Å². The highest BCUT2D eigenvalue weighted by Crippen LogP contribution is 2.20. The first-order valence-corrected chi connectivity index (χ1v) is 4.89. The number of esters is 1. The minimum atomic E-state index is -0.562. The van der Waals surface area contributed by atoms with E-state index in [0.717, 1.165) is 5.56 Å². The zero-order chi connectivity index (χ0) is 12.1. The highest BCUT2D eigenvalue weighted by molar-refractivity contribution is 5.93. The average molecular weight is 221 g/mol. The molecule has 0 bridgehead atoms. The van der Waals surface area contributed by atoms with E-state index in [4.69, 9.17) is 5.73 Å². The van der Waals surface area contributed by atoms with Crippen molar-refractivity contribution in [1.29, 1.82) is 0 Å². The normalized spacial score (nSPS) is 12.7. The molecule has 0 aliphatic heterocycles. The molecule has 0 aliphatic carbocycles. The number of hydrogen-bond donors (Lipinski definition) is 2. The number of carbonyl (C=O) groups excluding carboxylic acids is 1. The maximum absolute atomic E-state index is 11.3. The van der Waals surface area contributed by atoms with Crippen LogP contribution in [0.15, 0.2) is 24.3 Å². The molecule has 16 heavy (non-hydrogen) atoms. The molecule has 4 nitrogen and oxygen atoms in total. The number of hydrogen-bond acceptors (Lipinski definition) is 4. The zero-order valence-electron chi connectivity index (χ0n) is 9.31. The van der Waals surface area contributed by atoms with Crippen LogP contribution >= 0.6 is 0 Å². The van der Waals surface area contributed by atoms with Crippen LogP contribution in [0.25, 0.3) is 6.08 Å². The number of methoxy groups -OCH3 is 1. The van der Waals surface area contributed by atoms with Gasteiger partial charge in [-0.25, -0.2) is 4.79 Å². The molecule has 3 N–H and O–H groups in total. The molecule has 1 atom stereocenters. The molecule has 1 aromatic carbocycles. The van der Waals surface area contributed by atoms with Crippen LogP contribution in [0.3, 0.4) is 0 Å². The molecule has 1 aromatic rings. The molecular weight excluding hydrogens is 206 g/mol. The van der Waals surface area contributed by atoms with Crippen molar-refractivity contribution in [2.24, 2.45) is 5.73 Å². The Kier molecular flexibility index (Phi) is 4.08. The quantitative estimate of drug-likeness (QED) is 0.759. The van der Waals surface area contributed by atoms with Crippen LogP contribution < -0.4 is 5.73 Å². The molecular formula is C12H15NO3. The number of phenols is 1. The minimum absolute atomic E-state index is 0.0598. The molecule has 0 fully saturated rings. The van der Waals surface area contributed by atoms with E-state index < -0.39 is 5.97 Å². The van der Waals surface area contributed by atoms with Crippen molar-refractivity contribution in [2.45, 2.75) is 13.0 Å². The monoisotopic (exact) mass is 221 g/mol. The van der Waals surface area contributed by atoms with Gasteiger partial charge in [0.2, 0.25) is 0 Å². The summed E-state index contributed by atoms with van der Waals surface area (Å²) in [5.74, 6) is -0.654. The lowest BCUT2D eigenvalue weighted by atomic mass is 10.1. The first kappa shape index (κ1) is 12.3. The first-order valence-electron chi connectivity index (χ1n) is 4.89. The summed E-state index contributed by atoms with van der Waals surface area (Å²) in [4.78, 5) is 11.3. The molecule has 0 radical (unpaired) electrons. The molecule has 0 heterocycles. The molecule has 4 heteroatoms. The van der Waals surface area contributed by atoms with Crippen molar-refractivity contribution >= 4 is 12.0 Å². The summed E-state index contributed by atoms with van der Waals surface area (Å²) in [6.45, 7) is 1.85. The summed E-state index contributed by atoms with van der Waals surface area (Å²) < 4.78 is 4.55. The van der Waals surface area contributed by atoms with Gasteiger partial charge in [0.05, 0.1) is 7.11 Å². The summed E-state index contributed by atoms with van der Waals surface area (Å²) in [7, 11) is 1.27. The lowest BCUT2D eigenvalue weighted by Crippen LogP contribution is -2.09. The van der Waals surface area contributed by atoms with Gasteiger partial charge in [0, 0.05) is 6.04 Å². The zero-order valence-corrected chi connectivity index (χ0v) is 9.31. The summed E-state index contributed by atoms with van der Waals surface area (Å²) in [5, 5.41) is 9.46. The van der Waals surface area contributed by atoms with Crippen LogP contribution in [-0.2, 0) is 4.74 Å². The van der Waals surface area contributed by atoms with E-state index in [1.807, 2.05) is 6.92 Å². The van der Waals surface area contributed by atoms with Crippen LogP contribution in [0.4, 0.5) is 0 Å². The van der Waals surface area contributed by atoms with Gasteiger partial charge in [0.25, 0.3) is 0 Å².